The van der Waals surface area contributed by atoms with Crippen molar-refractivity contribution in [3.8, 4) is 5.69 Å². The quantitative estimate of drug-likeness (QED) is 0.330. The first-order valence-corrected chi connectivity index (χ1v) is 10.9. The molecule has 0 aliphatic rings. The maximum Gasteiger partial charge on any atom is 0.339 e. The van der Waals surface area contributed by atoms with E-state index in [1.54, 1.807) is 73.3 Å². The van der Waals surface area contributed by atoms with Crippen LogP contribution in [0.5, 0.6) is 0 Å². The molecule has 35 heavy (non-hydrogen) atoms. The predicted molar refractivity (Wildman–Crippen MR) is 131 cm³/mol. The number of amides is 1. The SMILES string of the molecule is Cc1c(NC(=O)COC(=O)c2ccccc2C(=O)c2ccccc2)c(=O)n(-c2ccccc2)n1C. The highest BCUT2D eigenvalue weighted by molar-refractivity contribution is 6.14. The average Bonchev–Trinajstić information content (AvgIpc) is 3.10. The van der Waals surface area contributed by atoms with Gasteiger partial charge in [0.25, 0.3) is 11.5 Å². The van der Waals surface area contributed by atoms with Crippen molar-refractivity contribution in [1.29, 1.82) is 0 Å². The molecule has 0 aliphatic heterocycles. The summed E-state index contributed by atoms with van der Waals surface area (Å²) in [6.07, 6.45) is 0. The Morgan fingerprint density at radius 3 is 2.06 bits per heavy atom. The zero-order valence-electron chi connectivity index (χ0n) is 19.2. The molecule has 0 saturated carbocycles. The van der Waals surface area contributed by atoms with Crippen LogP contribution in [0.1, 0.15) is 32.0 Å². The lowest BCUT2D eigenvalue weighted by Crippen LogP contribution is -2.26. The lowest BCUT2D eigenvalue weighted by molar-refractivity contribution is -0.119. The number of para-hydroxylation sites is 1. The molecule has 4 rings (SSSR count). The highest BCUT2D eigenvalue weighted by atomic mass is 16.5. The van der Waals surface area contributed by atoms with E-state index in [-0.39, 0.29) is 22.6 Å². The van der Waals surface area contributed by atoms with E-state index in [9.17, 15) is 19.2 Å². The van der Waals surface area contributed by atoms with E-state index < -0.39 is 24.0 Å². The number of esters is 1. The maximum atomic E-state index is 12.9. The van der Waals surface area contributed by atoms with Gasteiger partial charge in [-0.25, -0.2) is 9.48 Å². The van der Waals surface area contributed by atoms with Crippen LogP contribution in [0, 0.1) is 6.92 Å². The van der Waals surface area contributed by atoms with Gasteiger partial charge in [0.05, 0.1) is 16.9 Å². The predicted octanol–water partition coefficient (Wildman–Crippen LogP) is 3.51. The fourth-order valence-electron chi connectivity index (χ4n) is 3.70. The second kappa shape index (κ2) is 10.0. The Morgan fingerprint density at radius 1 is 0.829 bits per heavy atom. The smallest absolute Gasteiger partial charge is 0.339 e. The fraction of sp³-hybridized carbons (Fsp3) is 0.111. The van der Waals surface area contributed by atoms with E-state index in [0.717, 1.165) is 0 Å². The van der Waals surface area contributed by atoms with Gasteiger partial charge in [0.1, 0.15) is 5.69 Å². The van der Waals surface area contributed by atoms with Crippen molar-refractivity contribution in [2.75, 3.05) is 11.9 Å². The Balaban J connectivity index is 1.48. The zero-order valence-corrected chi connectivity index (χ0v) is 19.2. The molecule has 0 saturated heterocycles. The van der Waals surface area contributed by atoms with E-state index in [1.165, 1.54) is 16.8 Å². The van der Waals surface area contributed by atoms with Gasteiger partial charge in [-0.15, -0.1) is 0 Å². The highest BCUT2D eigenvalue weighted by Gasteiger charge is 2.21. The van der Waals surface area contributed by atoms with Gasteiger partial charge in [0, 0.05) is 18.2 Å². The summed E-state index contributed by atoms with van der Waals surface area (Å²) in [7, 11) is 1.71. The summed E-state index contributed by atoms with van der Waals surface area (Å²) in [4.78, 5) is 51.0. The monoisotopic (exact) mass is 469 g/mol. The molecule has 0 radical (unpaired) electrons. The van der Waals surface area contributed by atoms with Crippen LogP contribution in [-0.4, -0.2) is 33.6 Å². The van der Waals surface area contributed by atoms with Gasteiger partial charge >= 0.3 is 5.97 Å². The number of anilines is 1. The Kier molecular flexibility index (Phi) is 6.73. The average molecular weight is 469 g/mol. The van der Waals surface area contributed by atoms with Gasteiger partial charge in [0.15, 0.2) is 12.4 Å². The number of ketones is 1. The van der Waals surface area contributed by atoms with E-state index in [0.29, 0.717) is 16.9 Å². The van der Waals surface area contributed by atoms with Crippen molar-refractivity contribution >= 4 is 23.3 Å². The maximum absolute atomic E-state index is 12.9. The minimum absolute atomic E-state index is 0.0523. The summed E-state index contributed by atoms with van der Waals surface area (Å²) >= 11 is 0. The van der Waals surface area contributed by atoms with E-state index >= 15 is 0 Å². The minimum Gasteiger partial charge on any atom is -0.452 e. The summed E-state index contributed by atoms with van der Waals surface area (Å²) in [6.45, 7) is 1.08. The molecule has 8 nitrogen and oxygen atoms in total. The number of benzene rings is 3. The lowest BCUT2D eigenvalue weighted by atomic mass is 9.98. The van der Waals surface area contributed by atoms with Crippen LogP contribution in [0.4, 0.5) is 5.69 Å². The first-order valence-electron chi connectivity index (χ1n) is 10.9. The topological polar surface area (TPSA) is 99.4 Å². The molecule has 1 amide bonds. The van der Waals surface area contributed by atoms with Crippen molar-refractivity contribution in [1.82, 2.24) is 9.36 Å². The number of carbonyl (C=O) groups is 3. The van der Waals surface area contributed by atoms with E-state index in [2.05, 4.69) is 5.32 Å². The summed E-state index contributed by atoms with van der Waals surface area (Å²) in [5, 5.41) is 2.54. The standard InChI is InChI=1S/C27H23N3O5/c1-18-24(26(33)30(29(18)2)20-13-7-4-8-14-20)28-23(31)17-35-27(34)22-16-10-9-15-21(22)25(32)19-11-5-3-6-12-19/h3-16H,17H2,1-2H3,(H,28,31). The third-order valence-electron chi connectivity index (χ3n) is 5.58. The molecule has 176 valence electrons. The molecule has 3 aromatic carbocycles. The number of ether oxygens (including phenoxy) is 1. The molecule has 0 fully saturated rings. The van der Waals surface area contributed by atoms with Gasteiger partial charge in [-0.1, -0.05) is 66.7 Å². The number of hydrogen-bond donors (Lipinski definition) is 1. The van der Waals surface area contributed by atoms with Gasteiger partial charge in [-0.05, 0) is 25.1 Å². The second-order valence-electron chi connectivity index (χ2n) is 7.80. The van der Waals surface area contributed by atoms with Gasteiger partial charge in [-0.3, -0.25) is 19.1 Å². The summed E-state index contributed by atoms with van der Waals surface area (Å²) in [6, 6.07) is 23.8. The van der Waals surface area contributed by atoms with Crippen molar-refractivity contribution in [2.24, 2.45) is 7.05 Å². The molecule has 4 aromatic rings. The number of carbonyl (C=O) groups excluding carboxylic acids is 3. The minimum atomic E-state index is -0.813. The number of aromatic nitrogens is 2. The number of hydrogen-bond acceptors (Lipinski definition) is 5. The summed E-state index contributed by atoms with van der Waals surface area (Å²) in [5.74, 6) is -1.81. The number of nitrogens with zero attached hydrogens (tertiary/aromatic N) is 2. The van der Waals surface area contributed by atoms with E-state index in [4.69, 9.17) is 4.74 Å². The van der Waals surface area contributed by atoms with Crippen LogP contribution >= 0.6 is 0 Å². The van der Waals surface area contributed by atoms with E-state index in [1.807, 2.05) is 18.2 Å². The van der Waals surface area contributed by atoms with Gasteiger partial charge in [0.2, 0.25) is 0 Å². The van der Waals surface area contributed by atoms with Crippen molar-refractivity contribution in [3.63, 3.8) is 0 Å². The van der Waals surface area contributed by atoms with Crippen LogP contribution < -0.4 is 10.9 Å². The fourth-order valence-corrected chi connectivity index (χ4v) is 3.70. The molecule has 0 spiro atoms. The molecular weight excluding hydrogens is 446 g/mol. The first-order chi connectivity index (χ1) is 16.9. The molecule has 1 N–H and O–H groups in total. The van der Waals surface area contributed by atoms with Crippen molar-refractivity contribution in [2.45, 2.75) is 6.92 Å². The summed E-state index contributed by atoms with van der Waals surface area (Å²) in [5.41, 5.74) is 1.53. The Hall–Kier alpha value is -4.72. The highest BCUT2D eigenvalue weighted by Crippen LogP contribution is 2.17. The molecule has 1 aromatic heterocycles. The number of nitrogens with one attached hydrogen (secondary N) is 1. The van der Waals surface area contributed by atoms with Crippen LogP contribution in [-0.2, 0) is 16.6 Å². The van der Waals surface area contributed by atoms with Crippen LogP contribution in [0.3, 0.4) is 0 Å². The molecule has 8 heteroatoms. The van der Waals surface area contributed by atoms with Gasteiger partial charge in [-0.2, -0.15) is 0 Å². The molecule has 0 unspecified atom stereocenters. The molecule has 0 atom stereocenters. The van der Waals surface area contributed by atoms with Crippen LogP contribution in [0.25, 0.3) is 5.69 Å². The largest absolute Gasteiger partial charge is 0.452 e. The van der Waals surface area contributed by atoms with Crippen molar-refractivity contribution in [3.05, 3.63) is 118 Å². The number of rotatable bonds is 7. The normalized spacial score (nSPS) is 10.6. The third-order valence-corrected chi connectivity index (χ3v) is 5.58. The molecule has 0 aliphatic carbocycles. The third kappa shape index (κ3) is 4.81. The van der Waals surface area contributed by atoms with Crippen LogP contribution in [0.15, 0.2) is 89.7 Å². The van der Waals surface area contributed by atoms with Crippen LogP contribution in [0.2, 0.25) is 0 Å². The second-order valence-corrected chi connectivity index (χ2v) is 7.80. The summed E-state index contributed by atoms with van der Waals surface area (Å²) < 4.78 is 8.23. The molecule has 0 bridgehead atoms. The Labute approximate surface area is 201 Å². The van der Waals surface area contributed by atoms with Gasteiger partial charge < -0.3 is 10.1 Å². The Bertz CT molecular complexity index is 1450. The zero-order chi connectivity index (χ0) is 24.9. The Morgan fingerprint density at radius 2 is 1.40 bits per heavy atom. The van der Waals surface area contributed by atoms with Crippen molar-refractivity contribution < 1.29 is 19.1 Å². The lowest BCUT2D eigenvalue weighted by Gasteiger charge is -2.09. The molecule has 1 heterocycles. The molecular formula is C27H23N3O5. The first kappa shape index (κ1) is 23.4.